The molecule has 66 valence electrons. The number of ether oxygens (including phenoxy) is 1. The van der Waals surface area contributed by atoms with E-state index < -0.39 is 18.8 Å². The first-order valence-corrected chi connectivity index (χ1v) is 3.93. The predicted molar refractivity (Wildman–Crippen MR) is 51.4 cm³/mol. The summed E-state index contributed by atoms with van der Waals surface area (Å²) >= 11 is 0. The van der Waals surface area contributed by atoms with Crippen molar-refractivity contribution in [2.75, 3.05) is 0 Å². The third kappa shape index (κ3) is 2.57. The molecule has 0 saturated heterocycles. The van der Waals surface area contributed by atoms with E-state index >= 15 is 0 Å². The summed E-state index contributed by atoms with van der Waals surface area (Å²) in [5.74, 6) is 0.476. The highest BCUT2D eigenvalue weighted by Crippen LogP contribution is 2.13. The summed E-state index contributed by atoms with van der Waals surface area (Å²) < 4.78 is 35.8. The Labute approximate surface area is 80.0 Å². The number of hydrogen-bond donors (Lipinski definition) is 0. The molecule has 0 N–H and O–H groups in total. The zero-order valence-electron chi connectivity index (χ0n) is 11.4. The van der Waals surface area contributed by atoms with Gasteiger partial charge in [-0.15, -0.1) is 0 Å². The SMILES string of the molecule is [2H]C([2H])(C)C(Oc1ccccc1)C([2H])([2H])C. The Morgan fingerprint density at radius 1 is 1.25 bits per heavy atom. The molecule has 0 aromatic heterocycles. The van der Waals surface area contributed by atoms with Gasteiger partial charge in [0.1, 0.15) is 5.75 Å². The molecule has 0 spiro atoms. The maximum absolute atomic E-state index is 7.60. The fraction of sp³-hybridized carbons (Fsp3) is 0.455. The van der Waals surface area contributed by atoms with Gasteiger partial charge in [-0.3, -0.25) is 0 Å². The Morgan fingerprint density at radius 3 is 2.33 bits per heavy atom. The van der Waals surface area contributed by atoms with Crippen LogP contribution in [0.1, 0.15) is 32.1 Å². The normalized spacial score (nSPS) is 17.6. The van der Waals surface area contributed by atoms with Crippen molar-refractivity contribution >= 4 is 0 Å². The molecule has 0 bridgehead atoms. The van der Waals surface area contributed by atoms with Crippen LogP contribution >= 0.6 is 0 Å². The van der Waals surface area contributed by atoms with E-state index in [1.807, 2.05) is 6.07 Å². The van der Waals surface area contributed by atoms with Gasteiger partial charge in [0.25, 0.3) is 0 Å². The van der Waals surface area contributed by atoms with Crippen LogP contribution in [0.2, 0.25) is 0 Å². The van der Waals surface area contributed by atoms with E-state index in [-0.39, 0.29) is 0 Å². The minimum absolute atomic E-state index is 0.476. The van der Waals surface area contributed by atoms with E-state index in [9.17, 15) is 0 Å². The highest BCUT2D eigenvalue weighted by atomic mass is 16.5. The van der Waals surface area contributed by atoms with Crippen molar-refractivity contribution in [2.45, 2.75) is 32.7 Å². The van der Waals surface area contributed by atoms with E-state index in [2.05, 4.69) is 0 Å². The third-order valence-corrected chi connectivity index (χ3v) is 1.52. The predicted octanol–water partition coefficient (Wildman–Crippen LogP) is 3.25. The molecule has 1 aromatic carbocycles. The fourth-order valence-corrected chi connectivity index (χ4v) is 0.897. The zero-order chi connectivity index (χ0) is 12.4. The number of benzene rings is 1. The van der Waals surface area contributed by atoms with Crippen LogP contribution < -0.4 is 4.74 Å². The van der Waals surface area contributed by atoms with Crippen LogP contribution in [-0.4, -0.2) is 6.10 Å². The number of rotatable bonds is 4. The second-order valence-electron chi connectivity index (χ2n) is 2.39. The fourth-order valence-electron chi connectivity index (χ4n) is 0.897. The molecule has 1 rings (SSSR count). The van der Waals surface area contributed by atoms with Gasteiger partial charge >= 0.3 is 0 Å². The summed E-state index contributed by atoms with van der Waals surface area (Å²) in [6.07, 6.45) is -4.62. The average Bonchev–Trinajstić information content (AvgIpc) is 2.12. The molecule has 12 heavy (non-hydrogen) atoms. The van der Waals surface area contributed by atoms with Crippen LogP contribution in [0.25, 0.3) is 0 Å². The van der Waals surface area contributed by atoms with Gasteiger partial charge in [-0.1, -0.05) is 32.0 Å². The van der Waals surface area contributed by atoms with Crippen molar-refractivity contribution in [1.29, 1.82) is 0 Å². The molecule has 1 nitrogen and oxygen atoms in total. The maximum atomic E-state index is 7.60. The first-order chi connectivity index (χ1) is 7.21. The van der Waals surface area contributed by atoms with Crippen molar-refractivity contribution in [3.05, 3.63) is 30.3 Å². The van der Waals surface area contributed by atoms with E-state index in [1.54, 1.807) is 24.3 Å². The molecule has 0 heterocycles. The van der Waals surface area contributed by atoms with E-state index in [4.69, 9.17) is 10.2 Å². The lowest BCUT2D eigenvalue weighted by Gasteiger charge is -2.14. The number of para-hydroxylation sites is 1. The van der Waals surface area contributed by atoms with Gasteiger partial charge in [0.05, 0.1) is 6.10 Å². The van der Waals surface area contributed by atoms with E-state index in [0.29, 0.717) is 5.75 Å². The maximum Gasteiger partial charge on any atom is 0.119 e. The van der Waals surface area contributed by atoms with Gasteiger partial charge in [-0.25, -0.2) is 0 Å². The largest absolute Gasteiger partial charge is 0.490 e. The van der Waals surface area contributed by atoms with Gasteiger partial charge in [-0.2, -0.15) is 0 Å². The Morgan fingerprint density at radius 2 is 1.83 bits per heavy atom. The molecule has 1 aromatic rings. The first-order valence-electron chi connectivity index (χ1n) is 5.93. The van der Waals surface area contributed by atoms with Crippen molar-refractivity contribution in [2.24, 2.45) is 0 Å². The lowest BCUT2D eigenvalue weighted by Crippen LogP contribution is -2.13. The first kappa shape index (κ1) is 4.90. The lowest BCUT2D eigenvalue weighted by atomic mass is 10.2. The van der Waals surface area contributed by atoms with Crippen LogP contribution in [0.3, 0.4) is 0 Å². The van der Waals surface area contributed by atoms with Crippen molar-refractivity contribution in [3.8, 4) is 5.75 Å². The highest BCUT2D eigenvalue weighted by molar-refractivity contribution is 5.21. The van der Waals surface area contributed by atoms with Crippen LogP contribution in [0.15, 0.2) is 30.3 Å². The summed E-state index contributed by atoms with van der Waals surface area (Å²) in [4.78, 5) is 0. The van der Waals surface area contributed by atoms with Crippen molar-refractivity contribution < 1.29 is 10.2 Å². The zero-order valence-corrected chi connectivity index (χ0v) is 7.37. The Bertz CT molecular complexity index is 312. The highest BCUT2D eigenvalue weighted by Gasteiger charge is 2.03. The molecule has 0 amide bonds. The second-order valence-corrected chi connectivity index (χ2v) is 2.39. The topological polar surface area (TPSA) is 9.23 Å². The van der Waals surface area contributed by atoms with Crippen molar-refractivity contribution in [1.82, 2.24) is 0 Å². The summed E-state index contributed by atoms with van der Waals surface area (Å²) in [7, 11) is 0. The Kier molecular flexibility index (Phi) is 1.97. The van der Waals surface area contributed by atoms with Crippen LogP contribution in [0.4, 0.5) is 0 Å². The molecule has 0 atom stereocenters. The van der Waals surface area contributed by atoms with Gasteiger partial charge in [0.15, 0.2) is 0 Å². The summed E-state index contributed by atoms with van der Waals surface area (Å²) in [5, 5.41) is 0. The molecule has 0 aliphatic rings. The van der Waals surface area contributed by atoms with Crippen LogP contribution in [0.5, 0.6) is 5.75 Å². The Hall–Kier alpha value is -0.980. The lowest BCUT2D eigenvalue weighted by molar-refractivity contribution is 0.193. The molecule has 0 fully saturated rings. The van der Waals surface area contributed by atoms with Gasteiger partial charge in [0, 0.05) is 5.48 Å². The third-order valence-electron chi connectivity index (χ3n) is 1.52. The summed E-state index contributed by atoms with van der Waals surface area (Å²) in [5.41, 5.74) is 0. The Balaban J connectivity index is 2.89. The number of hydrogen-bond acceptors (Lipinski definition) is 1. The van der Waals surface area contributed by atoms with Crippen LogP contribution in [0, 0.1) is 0 Å². The van der Waals surface area contributed by atoms with Gasteiger partial charge in [0.2, 0.25) is 0 Å². The summed E-state index contributed by atoms with van der Waals surface area (Å²) in [6, 6.07) is 8.73. The van der Waals surface area contributed by atoms with E-state index in [1.165, 1.54) is 13.8 Å². The molecule has 0 unspecified atom stereocenters. The van der Waals surface area contributed by atoms with Crippen molar-refractivity contribution in [3.63, 3.8) is 0 Å². The van der Waals surface area contributed by atoms with Gasteiger partial charge < -0.3 is 4.74 Å². The molecule has 0 aliphatic carbocycles. The van der Waals surface area contributed by atoms with E-state index in [0.717, 1.165) is 0 Å². The van der Waals surface area contributed by atoms with Gasteiger partial charge in [-0.05, 0) is 24.9 Å². The minimum Gasteiger partial charge on any atom is -0.490 e. The minimum atomic E-state index is -1.74. The molecular formula is C11H16O. The molecule has 0 saturated carbocycles. The smallest absolute Gasteiger partial charge is 0.119 e. The molecule has 0 aliphatic heterocycles. The molecule has 0 radical (unpaired) electrons. The van der Waals surface area contributed by atoms with Crippen LogP contribution in [-0.2, 0) is 0 Å². The molecular weight excluding hydrogens is 148 g/mol. The molecule has 1 heteroatoms. The quantitative estimate of drug-likeness (QED) is 0.670. The second kappa shape index (κ2) is 4.81. The monoisotopic (exact) mass is 168 g/mol. The summed E-state index contributed by atoms with van der Waals surface area (Å²) in [6.45, 7) is 2.64. The average molecular weight is 168 g/mol. The standard InChI is InChI=1S/C11H16O/c1-3-10(4-2)12-11-8-6-5-7-9-11/h5-10H,3-4H2,1-2H3/i3D2,4D2.